The topological polar surface area (TPSA) is 66.6 Å². The Hall–Kier alpha value is -2.14. The summed E-state index contributed by atoms with van der Waals surface area (Å²) in [6, 6.07) is 9.37. The number of nitrogens with zero attached hydrogens (tertiary/aromatic N) is 2. The predicted octanol–water partition coefficient (Wildman–Crippen LogP) is 2.88. The van der Waals surface area contributed by atoms with Crippen LogP contribution in [0.3, 0.4) is 0 Å². The van der Waals surface area contributed by atoms with Crippen LogP contribution in [0.2, 0.25) is 0 Å². The summed E-state index contributed by atoms with van der Waals surface area (Å²) >= 11 is 0. The highest BCUT2D eigenvalue weighted by molar-refractivity contribution is 6.01. The molecule has 1 amide bonds. The van der Waals surface area contributed by atoms with Crippen LogP contribution < -0.4 is 0 Å². The lowest BCUT2D eigenvalue weighted by molar-refractivity contribution is 0.0761. The molecule has 2 rings (SSSR count). The number of hydrogen-bond donors (Lipinski definition) is 1. The lowest BCUT2D eigenvalue weighted by atomic mass is 10.0. The van der Waals surface area contributed by atoms with Crippen LogP contribution in [-0.2, 0) is 0 Å². The first-order valence-electron chi connectivity index (χ1n) is 7.12. The highest BCUT2D eigenvalue weighted by atomic mass is 16.5. The monoisotopic (exact) mass is 288 g/mol. The summed E-state index contributed by atoms with van der Waals surface area (Å²) in [7, 11) is 0. The quantitative estimate of drug-likeness (QED) is 0.918. The van der Waals surface area contributed by atoms with Gasteiger partial charge in [-0.2, -0.15) is 0 Å². The molecule has 1 heterocycles. The molecule has 0 unspecified atom stereocenters. The van der Waals surface area contributed by atoms with Crippen LogP contribution in [0, 0.1) is 0 Å². The van der Waals surface area contributed by atoms with Crippen molar-refractivity contribution < 1.29 is 14.4 Å². The van der Waals surface area contributed by atoms with Crippen molar-refractivity contribution >= 4 is 5.91 Å². The Morgan fingerprint density at radius 2 is 1.90 bits per heavy atom. The van der Waals surface area contributed by atoms with Crippen molar-refractivity contribution in [3.8, 4) is 11.3 Å². The van der Waals surface area contributed by atoms with Crippen LogP contribution in [0.25, 0.3) is 11.3 Å². The Labute approximate surface area is 124 Å². The van der Waals surface area contributed by atoms with Crippen LogP contribution in [0.1, 0.15) is 43.0 Å². The van der Waals surface area contributed by atoms with Gasteiger partial charge in [-0.25, -0.2) is 0 Å². The van der Waals surface area contributed by atoms with E-state index in [1.165, 1.54) is 0 Å². The van der Waals surface area contributed by atoms with Gasteiger partial charge in [0.2, 0.25) is 0 Å². The number of amides is 1. The van der Waals surface area contributed by atoms with E-state index in [0.717, 1.165) is 5.56 Å². The van der Waals surface area contributed by atoms with Crippen LogP contribution in [0.5, 0.6) is 0 Å². The summed E-state index contributed by atoms with van der Waals surface area (Å²) in [5, 5.41) is 13.8. The van der Waals surface area contributed by atoms with Crippen molar-refractivity contribution in [3.63, 3.8) is 0 Å². The van der Waals surface area contributed by atoms with Crippen molar-refractivity contribution in [3.05, 3.63) is 41.7 Å². The van der Waals surface area contributed by atoms with Gasteiger partial charge in [-0.3, -0.25) is 4.79 Å². The van der Waals surface area contributed by atoms with E-state index in [-0.39, 0.29) is 11.7 Å². The summed E-state index contributed by atoms with van der Waals surface area (Å²) in [6.45, 7) is 6.58. The third kappa shape index (κ3) is 2.97. The van der Waals surface area contributed by atoms with Crippen molar-refractivity contribution in [1.82, 2.24) is 10.1 Å². The number of rotatable bonds is 5. The summed E-state index contributed by atoms with van der Waals surface area (Å²) in [5.74, 6) is 0.0433. The van der Waals surface area contributed by atoms with Gasteiger partial charge in [0.05, 0.1) is 0 Å². The molecule has 5 heteroatoms. The average Bonchev–Trinajstić information content (AvgIpc) is 2.94. The van der Waals surface area contributed by atoms with E-state index in [1.807, 2.05) is 44.2 Å². The largest absolute Gasteiger partial charge is 0.385 e. The van der Waals surface area contributed by atoms with Crippen LogP contribution in [-0.4, -0.2) is 34.2 Å². The standard InChI is InChI=1S/C16H20N2O3/c1-4-18(5-2)16(20)13-14(12-9-7-6-8-10-12)17-21-15(13)11(3)19/h6-11,19H,4-5H2,1-3H3/t11-/m0/s1. The second-order valence-corrected chi connectivity index (χ2v) is 4.79. The van der Waals surface area contributed by atoms with Gasteiger partial charge in [0.25, 0.3) is 5.91 Å². The van der Waals surface area contributed by atoms with Gasteiger partial charge in [0.1, 0.15) is 17.4 Å². The maximum atomic E-state index is 12.7. The summed E-state index contributed by atoms with van der Waals surface area (Å²) < 4.78 is 5.22. The van der Waals surface area contributed by atoms with Gasteiger partial charge < -0.3 is 14.5 Å². The molecule has 0 aliphatic carbocycles. The second kappa shape index (κ2) is 6.54. The zero-order chi connectivity index (χ0) is 15.4. The maximum Gasteiger partial charge on any atom is 0.259 e. The van der Waals surface area contributed by atoms with Crippen LogP contribution in [0.15, 0.2) is 34.9 Å². The molecular weight excluding hydrogens is 268 g/mol. The lowest BCUT2D eigenvalue weighted by Crippen LogP contribution is -2.31. The zero-order valence-corrected chi connectivity index (χ0v) is 12.5. The summed E-state index contributed by atoms with van der Waals surface area (Å²) in [5.41, 5.74) is 1.62. The molecule has 0 saturated carbocycles. The Morgan fingerprint density at radius 1 is 1.29 bits per heavy atom. The highest BCUT2D eigenvalue weighted by Crippen LogP contribution is 2.30. The molecule has 0 radical (unpaired) electrons. The van der Waals surface area contributed by atoms with Gasteiger partial charge in [0.15, 0.2) is 5.76 Å². The summed E-state index contributed by atoms with van der Waals surface area (Å²) in [4.78, 5) is 14.4. The molecule has 5 nitrogen and oxygen atoms in total. The van der Waals surface area contributed by atoms with E-state index in [2.05, 4.69) is 5.16 Å². The number of aromatic nitrogens is 1. The van der Waals surface area contributed by atoms with E-state index in [0.29, 0.717) is 24.3 Å². The Kier molecular flexibility index (Phi) is 4.75. The fourth-order valence-electron chi connectivity index (χ4n) is 2.26. The van der Waals surface area contributed by atoms with Gasteiger partial charge in [-0.15, -0.1) is 0 Å². The third-order valence-electron chi connectivity index (χ3n) is 3.41. The van der Waals surface area contributed by atoms with E-state index >= 15 is 0 Å². The lowest BCUT2D eigenvalue weighted by Gasteiger charge is -2.19. The highest BCUT2D eigenvalue weighted by Gasteiger charge is 2.28. The molecule has 0 saturated heterocycles. The summed E-state index contributed by atoms with van der Waals surface area (Å²) in [6.07, 6.45) is -0.885. The minimum atomic E-state index is -0.885. The Morgan fingerprint density at radius 3 is 2.43 bits per heavy atom. The molecule has 1 aromatic carbocycles. The van der Waals surface area contributed by atoms with Crippen LogP contribution in [0.4, 0.5) is 0 Å². The van der Waals surface area contributed by atoms with Crippen LogP contribution >= 0.6 is 0 Å². The van der Waals surface area contributed by atoms with E-state index in [9.17, 15) is 9.90 Å². The minimum Gasteiger partial charge on any atom is -0.385 e. The molecule has 21 heavy (non-hydrogen) atoms. The van der Waals surface area contributed by atoms with Gasteiger partial charge in [-0.05, 0) is 20.8 Å². The fourth-order valence-corrected chi connectivity index (χ4v) is 2.26. The van der Waals surface area contributed by atoms with Crippen molar-refractivity contribution in [2.75, 3.05) is 13.1 Å². The Bertz CT molecular complexity index is 601. The number of hydrogen-bond acceptors (Lipinski definition) is 4. The third-order valence-corrected chi connectivity index (χ3v) is 3.41. The molecule has 1 atom stereocenters. The van der Waals surface area contributed by atoms with Gasteiger partial charge in [0, 0.05) is 18.7 Å². The number of carbonyl (C=O) groups excluding carboxylic acids is 1. The molecule has 0 aliphatic rings. The van der Waals surface area contributed by atoms with Gasteiger partial charge in [-0.1, -0.05) is 35.5 Å². The molecule has 1 N–H and O–H groups in total. The first-order valence-corrected chi connectivity index (χ1v) is 7.12. The van der Waals surface area contributed by atoms with E-state index in [4.69, 9.17) is 4.52 Å². The first kappa shape index (κ1) is 15.3. The molecule has 1 aromatic heterocycles. The SMILES string of the molecule is CCN(CC)C(=O)c1c(-c2ccccc2)noc1[C@H](C)O. The smallest absolute Gasteiger partial charge is 0.259 e. The van der Waals surface area contributed by atoms with E-state index in [1.54, 1.807) is 11.8 Å². The van der Waals surface area contributed by atoms with Crippen molar-refractivity contribution in [2.24, 2.45) is 0 Å². The predicted molar refractivity (Wildman–Crippen MR) is 79.8 cm³/mol. The van der Waals surface area contributed by atoms with Crippen molar-refractivity contribution in [2.45, 2.75) is 26.9 Å². The molecule has 112 valence electrons. The molecule has 0 fully saturated rings. The molecule has 0 spiro atoms. The fraction of sp³-hybridized carbons (Fsp3) is 0.375. The van der Waals surface area contributed by atoms with Gasteiger partial charge >= 0.3 is 0 Å². The zero-order valence-electron chi connectivity index (χ0n) is 12.5. The number of aliphatic hydroxyl groups is 1. The minimum absolute atomic E-state index is 0.170. The molecule has 0 aliphatic heterocycles. The molecule has 0 bridgehead atoms. The normalized spacial score (nSPS) is 12.2. The number of carbonyl (C=O) groups is 1. The number of aliphatic hydroxyl groups excluding tert-OH is 1. The van der Waals surface area contributed by atoms with Crippen molar-refractivity contribution in [1.29, 1.82) is 0 Å². The number of benzene rings is 1. The Balaban J connectivity index is 2.56. The molecule has 2 aromatic rings. The first-order chi connectivity index (χ1) is 10.1. The maximum absolute atomic E-state index is 12.7. The average molecular weight is 288 g/mol. The van der Waals surface area contributed by atoms with E-state index < -0.39 is 6.10 Å². The molecular formula is C16H20N2O3. The second-order valence-electron chi connectivity index (χ2n) is 4.79.